The highest BCUT2D eigenvalue weighted by Gasteiger charge is 2.70. The predicted molar refractivity (Wildman–Crippen MR) is 102 cm³/mol. The number of hydrogen-bond donors (Lipinski definition) is 1. The average molecular weight is 422 g/mol. The Morgan fingerprint density at radius 1 is 1.07 bits per heavy atom. The van der Waals surface area contributed by atoms with Crippen molar-refractivity contribution in [1.82, 2.24) is 9.80 Å². The summed E-state index contributed by atoms with van der Waals surface area (Å²) in [4.78, 5) is 27.2. The van der Waals surface area contributed by atoms with E-state index in [2.05, 4.69) is 0 Å². The summed E-state index contributed by atoms with van der Waals surface area (Å²) < 4.78 is 47.6. The van der Waals surface area contributed by atoms with Crippen LogP contribution in [0.15, 0.2) is 54.6 Å². The lowest BCUT2D eigenvalue weighted by Gasteiger charge is -2.53. The summed E-state index contributed by atoms with van der Waals surface area (Å²) in [6, 6.07) is 11.0. The highest BCUT2D eigenvalue weighted by Crippen LogP contribution is 2.50. The minimum Gasteiger partial charge on any atom is -0.497 e. The van der Waals surface area contributed by atoms with Gasteiger partial charge in [0, 0.05) is 19.7 Å². The van der Waals surface area contributed by atoms with E-state index < -0.39 is 35.7 Å². The molecule has 2 amide bonds. The molecular weight excluding hydrogens is 401 g/mol. The van der Waals surface area contributed by atoms with Gasteiger partial charge in [-0.3, -0.25) is 9.69 Å². The Labute approximate surface area is 171 Å². The van der Waals surface area contributed by atoms with Crippen molar-refractivity contribution in [3.8, 4) is 5.75 Å². The van der Waals surface area contributed by atoms with E-state index in [1.807, 2.05) is 0 Å². The van der Waals surface area contributed by atoms with E-state index in [1.54, 1.807) is 6.07 Å². The smallest absolute Gasteiger partial charge is 0.437 e. The van der Waals surface area contributed by atoms with E-state index in [0.29, 0.717) is 5.75 Å². The number of carbonyl (C=O) groups excluding carboxylic acids is 2. The molecule has 3 rings (SSSR count). The zero-order chi connectivity index (χ0) is 22.3. The molecule has 1 fully saturated rings. The number of methoxy groups -OCH3 is 1. The molecule has 30 heavy (non-hydrogen) atoms. The van der Waals surface area contributed by atoms with E-state index in [4.69, 9.17) is 4.74 Å². The Bertz CT molecular complexity index is 934. The topological polar surface area (TPSA) is 70.1 Å². The second-order valence-corrected chi connectivity index (χ2v) is 7.10. The maximum atomic E-state index is 14.2. The van der Waals surface area contributed by atoms with Gasteiger partial charge in [-0.2, -0.15) is 13.2 Å². The molecule has 0 unspecified atom stereocenters. The van der Waals surface area contributed by atoms with Gasteiger partial charge in [0.15, 0.2) is 5.78 Å². The largest absolute Gasteiger partial charge is 0.497 e. The lowest BCUT2D eigenvalue weighted by molar-refractivity contribution is -0.328. The van der Waals surface area contributed by atoms with Crippen LogP contribution in [0.25, 0.3) is 0 Å². The summed E-state index contributed by atoms with van der Waals surface area (Å²) in [6.07, 6.45) is -5.28. The molecule has 0 saturated carbocycles. The number of benzene rings is 2. The molecule has 3 atom stereocenters. The number of rotatable bonds is 4. The number of carbonyl (C=O) groups is 2. The zero-order valence-corrected chi connectivity index (χ0v) is 16.6. The molecular formula is C21H21F3N2O4. The fourth-order valence-corrected chi connectivity index (χ4v) is 3.85. The molecule has 6 nitrogen and oxygen atoms in total. The third kappa shape index (κ3) is 3.28. The molecule has 1 N–H and O–H groups in total. The fourth-order valence-electron chi connectivity index (χ4n) is 3.85. The number of alkyl halides is 3. The predicted octanol–water partition coefficient (Wildman–Crippen LogP) is 3.48. The molecule has 1 aliphatic heterocycles. The molecule has 1 heterocycles. The van der Waals surface area contributed by atoms with Gasteiger partial charge < -0.3 is 14.7 Å². The number of halogens is 3. The summed E-state index contributed by atoms with van der Waals surface area (Å²) in [5.41, 5.74) is -3.44. The number of aliphatic hydroxyl groups is 1. The first-order valence-electron chi connectivity index (χ1n) is 9.07. The Hall–Kier alpha value is -3.07. The lowest BCUT2D eigenvalue weighted by Crippen LogP contribution is -2.73. The Balaban J connectivity index is 2.24. The summed E-state index contributed by atoms with van der Waals surface area (Å²) in [6.45, 7) is 0. The number of amides is 2. The maximum Gasteiger partial charge on any atom is 0.437 e. The zero-order valence-electron chi connectivity index (χ0n) is 16.6. The molecule has 0 spiro atoms. The van der Waals surface area contributed by atoms with Crippen LogP contribution in [0.1, 0.15) is 22.0 Å². The lowest BCUT2D eigenvalue weighted by atomic mass is 9.75. The van der Waals surface area contributed by atoms with Crippen LogP contribution in [0, 0.1) is 5.92 Å². The number of ketones is 1. The van der Waals surface area contributed by atoms with Crippen molar-refractivity contribution < 1.29 is 32.6 Å². The third-order valence-electron chi connectivity index (χ3n) is 5.48. The van der Waals surface area contributed by atoms with Crippen LogP contribution in [0.4, 0.5) is 18.0 Å². The van der Waals surface area contributed by atoms with Crippen LogP contribution in [-0.2, 0) is 0 Å². The van der Waals surface area contributed by atoms with Crippen molar-refractivity contribution >= 4 is 11.8 Å². The minimum atomic E-state index is -5.28. The molecule has 9 heteroatoms. The van der Waals surface area contributed by atoms with Crippen LogP contribution >= 0.6 is 0 Å². The molecule has 2 aromatic rings. The molecule has 160 valence electrons. The van der Waals surface area contributed by atoms with Crippen molar-refractivity contribution in [1.29, 1.82) is 0 Å². The number of ether oxygens (including phenoxy) is 1. The van der Waals surface area contributed by atoms with Crippen LogP contribution in [0.2, 0.25) is 0 Å². The van der Waals surface area contributed by atoms with Gasteiger partial charge in [-0.05, 0) is 17.7 Å². The number of hydrogen-bond acceptors (Lipinski definition) is 4. The Morgan fingerprint density at radius 2 is 1.63 bits per heavy atom. The highest BCUT2D eigenvalue weighted by molar-refractivity contribution is 6.00. The normalized spacial score (nSPS) is 24.7. The van der Waals surface area contributed by atoms with Gasteiger partial charge in [0.1, 0.15) is 11.7 Å². The molecule has 1 aliphatic rings. The molecule has 0 aliphatic carbocycles. The van der Waals surface area contributed by atoms with E-state index in [9.17, 15) is 27.9 Å². The number of Topliss-reactive ketones (excluding diaryl/α,β-unsaturated/α-hetero) is 1. The van der Waals surface area contributed by atoms with Crippen molar-refractivity contribution in [2.45, 2.75) is 17.9 Å². The van der Waals surface area contributed by atoms with Gasteiger partial charge in [-0.25, -0.2) is 4.79 Å². The molecule has 0 radical (unpaired) electrons. The Morgan fingerprint density at radius 3 is 2.13 bits per heavy atom. The molecule has 2 aromatic carbocycles. The quantitative estimate of drug-likeness (QED) is 0.766. The van der Waals surface area contributed by atoms with Gasteiger partial charge in [-0.15, -0.1) is 0 Å². The summed E-state index contributed by atoms with van der Waals surface area (Å²) >= 11 is 0. The first kappa shape index (κ1) is 21.6. The van der Waals surface area contributed by atoms with E-state index >= 15 is 0 Å². The highest BCUT2D eigenvalue weighted by atomic mass is 19.4. The second kappa shape index (κ2) is 7.64. The van der Waals surface area contributed by atoms with Crippen molar-refractivity contribution in [2.75, 3.05) is 21.2 Å². The second-order valence-electron chi connectivity index (χ2n) is 7.10. The summed E-state index contributed by atoms with van der Waals surface area (Å²) in [5.74, 6) is -2.50. The van der Waals surface area contributed by atoms with Gasteiger partial charge in [-0.1, -0.05) is 42.5 Å². The number of nitrogens with zero attached hydrogens (tertiary/aromatic N) is 2. The van der Waals surface area contributed by atoms with Crippen molar-refractivity contribution in [2.24, 2.45) is 5.92 Å². The van der Waals surface area contributed by atoms with E-state index in [0.717, 1.165) is 11.9 Å². The average Bonchev–Trinajstić information content (AvgIpc) is 2.74. The van der Waals surface area contributed by atoms with Crippen molar-refractivity contribution in [3.05, 3.63) is 65.7 Å². The van der Waals surface area contributed by atoms with E-state index in [1.165, 1.54) is 62.7 Å². The maximum absolute atomic E-state index is 14.2. The first-order chi connectivity index (χ1) is 14.0. The minimum absolute atomic E-state index is 0.000152. The number of urea groups is 1. The van der Waals surface area contributed by atoms with Crippen LogP contribution < -0.4 is 4.74 Å². The third-order valence-corrected chi connectivity index (χ3v) is 5.48. The first-order valence-corrected chi connectivity index (χ1v) is 9.07. The standard InChI is InChI=1S/C21H21F3N2O4/c1-25-17(13-9-11-15(30-3)12-10-13)16(18(27)14-7-5-4-6-8-14)20(29,21(22,23)24)26(2)19(25)28/h4-12,16-17,29H,1-3H3/t16-,17-,20+/m1/s1. The SMILES string of the molecule is COc1ccc([C@@H]2[C@H](C(=O)c3ccccc3)[C@](O)(C(F)(F)F)N(C)C(=O)N2C)cc1. The monoisotopic (exact) mass is 422 g/mol. The van der Waals surface area contributed by atoms with Crippen LogP contribution in [0.5, 0.6) is 5.75 Å². The Kier molecular flexibility index (Phi) is 5.51. The van der Waals surface area contributed by atoms with Gasteiger partial charge >= 0.3 is 12.2 Å². The van der Waals surface area contributed by atoms with Gasteiger partial charge in [0.25, 0.3) is 5.72 Å². The summed E-state index contributed by atoms with van der Waals surface area (Å²) in [5, 5.41) is 10.9. The fraction of sp³-hybridized carbons (Fsp3) is 0.333. The van der Waals surface area contributed by atoms with E-state index in [-0.39, 0.29) is 16.0 Å². The van der Waals surface area contributed by atoms with Crippen LogP contribution in [0.3, 0.4) is 0 Å². The molecule has 1 saturated heterocycles. The van der Waals surface area contributed by atoms with Crippen molar-refractivity contribution in [3.63, 3.8) is 0 Å². The summed E-state index contributed by atoms with van der Waals surface area (Å²) in [7, 11) is 3.57. The molecule has 0 bridgehead atoms. The van der Waals surface area contributed by atoms with Gasteiger partial charge in [0.2, 0.25) is 0 Å². The van der Waals surface area contributed by atoms with Gasteiger partial charge in [0.05, 0.1) is 13.2 Å². The molecule has 0 aromatic heterocycles. The van der Waals surface area contributed by atoms with Crippen LogP contribution in [-0.4, -0.2) is 59.8 Å².